The Balaban J connectivity index is 3.23. The van der Waals surface area contributed by atoms with Gasteiger partial charge in [-0.15, -0.1) is 0 Å². The zero-order valence-electron chi connectivity index (χ0n) is 5.84. The normalized spacial score (nSPS) is 9.64. The second-order valence-corrected chi connectivity index (χ2v) is 2.84. The number of halogens is 1. The molecule has 58 valence electrons. The number of Topliss-reactive ketones (excluding diaryl/α,β-unsaturated/α-hetero) is 1. The minimum Gasteiger partial charge on any atom is -0.506 e. The van der Waals surface area contributed by atoms with E-state index in [4.69, 9.17) is 5.11 Å². The molecule has 1 aromatic heterocycles. The van der Waals surface area contributed by atoms with Gasteiger partial charge in [0.1, 0.15) is 10.4 Å². The summed E-state index contributed by atoms with van der Waals surface area (Å²) >= 11 is 3.09. The number of aromatic hydroxyl groups is 1. The molecule has 1 N–H and O–H groups in total. The molecule has 1 heterocycles. The number of nitrogens with zero attached hydrogens (tertiary/aromatic N) is 1. The lowest BCUT2D eigenvalue weighted by molar-refractivity contribution is 0.101. The zero-order valence-corrected chi connectivity index (χ0v) is 7.42. The van der Waals surface area contributed by atoms with E-state index >= 15 is 0 Å². The molecule has 0 atom stereocenters. The lowest BCUT2D eigenvalue weighted by Gasteiger charge is -1.98. The molecule has 0 aliphatic heterocycles. The van der Waals surface area contributed by atoms with Crippen molar-refractivity contribution in [1.29, 1.82) is 0 Å². The molecule has 0 saturated carbocycles. The monoisotopic (exact) mass is 215 g/mol. The second kappa shape index (κ2) is 3.00. The molecule has 4 heteroatoms. The summed E-state index contributed by atoms with van der Waals surface area (Å²) in [4.78, 5) is 14.6. The van der Waals surface area contributed by atoms with Crippen LogP contribution >= 0.6 is 15.9 Å². The Kier molecular flexibility index (Phi) is 2.24. The van der Waals surface area contributed by atoms with Crippen molar-refractivity contribution in [3.05, 3.63) is 22.4 Å². The number of aromatic nitrogens is 1. The van der Waals surface area contributed by atoms with E-state index in [0.717, 1.165) is 0 Å². The van der Waals surface area contributed by atoms with Crippen molar-refractivity contribution in [3.8, 4) is 5.75 Å². The highest BCUT2D eigenvalue weighted by Crippen LogP contribution is 2.18. The molecule has 1 rings (SSSR count). The fraction of sp³-hybridized carbons (Fsp3) is 0.143. The van der Waals surface area contributed by atoms with Crippen LogP contribution in [0.2, 0.25) is 0 Å². The van der Waals surface area contributed by atoms with Crippen molar-refractivity contribution in [2.75, 3.05) is 0 Å². The molecule has 0 aromatic carbocycles. The third-order valence-electron chi connectivity index (χ3n) is 1.20. The lowest BCUT2D eigenvalue weighted by atomic mass is 10.2. The van der Waals surface area contributed by atoms with Gasteiger partial charge in [0.25, 0.3) is 0 Å². The van der Waals surface area contributed by atoms with Crippen LogP contribution in [0.3, 0.4) is 0 Å². The molecule has 0 unspecified atom stereocenters. The van der Waals surface area contributed by atoms with Crippen LogP contribution in [0, 0.1) is 0 Å². The number of pyridine rings is 1. The van der Waals surface area contributed by atoms with Crippen LogP contribution in [0.25, 0.3) is 0 Å². The van der Waals surface area contributed by atoms with E-state index in [2.05, 4.69) is 20.9 Å². The Morgan fingerprint density at radius 2 is 2.36 bits per heavy atom. The maximum atomic E-state index is 10.8. The Morgan fingerprint density at radius 1 is 1.73 bits per heavy atom. The molecule has 0 amide bonds. The Bertz CT molecular complexity index is 298. The highest BCUT2D eigenvalue weighted by Gasteiger charge is 2.06. The van der Waals surface area contributed by atoms with Gasteiger partial charge in [-0.25, -0.2) is 4.98 Å². The Morgan fingerprint density at radius 3 is 2.82 bits per heavy atom. The van der Waals surface area contributed by atoms with Crippen molar-refractivity contribution >= 4 is 21.7 Å². The van der Waals surface area contributed by atoms with Gasteiger partial charge in [-0.2, -0.15) is 0 Å². The van der Waals surface area contributed by atoms with Gasteiger partial charge in [0.15, 0.2) is 5.78 Å². The van der Waals surface area contributed by atoms with Crippen LogP contribution in [-0.4, -0.2) is 15.9 Å². The summed E-state index contributed by atoms with van der Waals surface area (Å²) in [6, 6.07) is 1.37. The van der Waals surface area contributed by atoms with Crippen LogP contribution in [0.5, 0.6) is 5.75 Å². The van der Waals surface area contributed by atoms with Gasteiger partial charge in [0, 0.05) is 0 Å². The molecule has 0 aliphatic rings. The number of hydrogen-bond acceptors (Lipinski definition) is 3. The third-order valence-corrected chi connectivity index (χ3v) is 1.84. The van der Waals surface area contributed by atoms with Gasteiger partial charge in [0.2, 0.25) is 0 Å². The molecular formula is C7H6BrNO2. The molecular weight excluding hydrogens is 210 g/mol. The zero-order chi connectivity index (χ0) is 8.43. The first-order valence-corrected chi connectivity index (χ1v) is 3.76. The average molecular weight is 216 g/mol. The van der Waals surface area contributed by atoms with Crippen LogP contribution in [0.1, 0.15) is 17.3 Å². The van der Waals surface area contributed by atoms with E-state index in [0.29, 0.717) is 10.2 Å². The first-order chi connectivity index (χ1) is 5.11. The van der Waals surface area contributed by atoms with E-state index in [1.54, 1.807) is 0 Å². The van der Waals surface area contributed by atoms with Crippen molar-refractivity contribution in [2.45, 2.75) is 6.92 Å². The number of carbonyl (C=O) groups excluding carboxylic acids is 1. The van der Waals surface area contributed by atoms with Crippen molar-refractivity contribution in [3.63, 3.8) is 0 Å². The summed E-state index contributed by atoms with van der Waals surface area (Å²) in [7, 11) is 0. The summed E-state index contributed by atoms with van der Waals surface area (Å²) < 4.78 is 0.461. The van der Waals surface area contributed by atoms with Crippen LogP contribution in [0.15, 0.2) is 16.9 Å². The molecule has 0 saturated heterocycles. The number of carbonyl (C=O) groups is 1. The molecule has 0 spiro atoms. The topological polar surface area (TPSA) is 50.2 Å². The minimum atomic E-state index is -0.125. The van der Waals surface area contributed by atoms with E-state index in [1.807, 2.05) is 0 Å². The molecule has 0 aliphatic carbocycles. The highest BCUT2D eigenvalue weighted by atomic mass is 79.9. The summed E-state index contributed by atoms with van der Waals surface area (Å²) in [5, 5.41) is 8.95. The highest BCUT2D eigenvalue weighted by molar-refractivity contribution is 9.10. The lowest BCUT2D eigenvalue weighted by Crippen LogP contribution is -1.94. The summed E-state index contributed by atoms with van der Waals surface area (Å²) in [5.41, 5.74) is 0.394. The van der Waals surface area contributed by atoms with Crippen LogP contribution in [-0.2, 0) is 0 Å². The van der Waals surface area contributed by atoms with E-state index < -0.39 is 0 Å². The van der Waals surface area contributed by atoms with Gasteiger partial charge in [-0.05, 0) is 28.9 Å². The van der Waals surface area contributed by atoms with Crippen LogP contribution in [0.4, 0.5) is 0 Å². The van der Waals surface area contributed by atoms with E-state index in [9.17, 15) is 4.79 Å². The first-order valence-electron chi connectivity index (χ1n) is 2.96. The summed E-state index contributed by atoms with van der Waals surface area (Å²) in [6.45, 7) is 1.42. The average Bonchev–Trinajstić information content (AvgIpc) is 1.94. The molecule has 0 fully saturated rings. The van der Waals surface area contributed by atoms with Gasteiger partial charge in [0.05, 0.1) is 11.8 Å². The Labute approximate surface area is 72.2 Å². The van der Waals surface area contributed by atoms with Crippen molar-refractivity contribution < 1.29 is 9.90 Å². The number of rotatable bonds is 1. The van der Waals surface area contributed by atoms with E-state index in [-0.39, 0.29) is 11.5 Å². The SMILES string of the molecule is CC(=O)c1cc(O)cnc1Br. The standard InChI is InChI=1S/C7H6BrNO2/c1-4(10)6-2-5(11)3-9-7(6)8/h2-3,11H,1H3. The quantitative estimate of drug-likeness (QED) is 0.574. The fourth-order valence-corrected chi connectivity index (χ4v) is 1.18. The maximum Gasteiger partial charge on any atom is 0.162 e. The molecule has 0 bridgehead atoms. The van der Waals surface area contributed by atoms with Gasteiger partial charge < -0.3 is 5.11 Å². The largest absolute Gasteiger partial charge is 0.506 e. The fourth-order valence-electron chi connectivity index (χ4n) is 0.684. The molecule has 11 heavy (non-hydrogen) atoms. The van der Waals surface area contributed by atoms with Crippen LogP contribution < -0.4 is 0 Å². The minimum absolute atomic E-state index is 0.00148. The molecule has 3 nitrogen and oxygen atoms in total. The first kappa shape index (κ1) is 8.20. The van der Waals surface area contributed by atoms with E-state index in [1.165, 1.54) is 19.2 Å². The van der Waals surface area contributed by atoms with Gasteiger partial charge in [-0.3, -0.25) is 4.79 Å². The van der Waals surface area contributed by atoms with Crippen molar-refractivity contribution in [1.82, 2.24) is 4.98 Å². The summed E-state index contributed by atoms with van der Waals surface area (Å²) in [6.07, 6.45) is 1.27. The van der Waals surface area contributed by atoms with Gasteiger partial charge >= 0.3 is 0 Å². The predicted octanol–water partition coefficient (Wildman–Crippen LogP) is 1.75. The summed E-state index contributed by atoms with van der Waals surface area (Å²) in [5.74, 6) is -0.126. The third kappa shape index (κ3) is 1.77. The van der Waals surface area contributed by atoms with Gasteiger partial charge in [-0.1, -0.05) is 0 Å². The second-order valence-electron chi connectivity index (χ2n) is 2.09. The number of ketones is 1. The molecule has 0 radical (unpaired) electrons. The van der Waals surface area contributed by atoms with Crippen molar-refractivity contribution in [2.24, 2.45) is 0 Å². The Hall–Kier alpha value is -0.900. The maximum absolute atomic E-state index is 10.8. The molecule has 1 aromatic rings. The predicted molar refractivity (Wildman–Crippen MR) is 43.6 cm³/mol. The number of hydrogen-bond donors (Lipinski definition) is 1. The smallest absolute Gasteiger partial charge is 0.162 e.